The number of carbonyl (C=O) groups is 1. The molecule has 4 rings (SSSR count). The number of fused-ring (bicyclic) bond motifs is 1. The van der Waals surface area contributed by atoms with Crippen LogP contribution in [0.1, 0.15) is 32.8 Å². The first kappa shape index (κ1) is 20.1. The zero-order chi connectivity index (χ0) is 20.4. The van der Waals surface area contributed by atoms with Crippen LogP contribution in [-0.2, 0) is 24.1 Å². The van der Waals surface area contributed by atoms with Gasteiger partial charge in [0, 0.05) is 16.8 Å². The van der Waals surface area contributed by atoms with Crippen LogP contribution in [0.3, 0.4) is 0 Å². The fourth-order valence-electron chi connectivity index (χ4n) is 3.44. The smallest absolute Gasteiger partial charge is 0.341 e. The molecule has 2 N–H and O–H groups in total. The standard InChI is InChI=1S/C20H19BrN4O2S2/c1-27-19(26)17-15-6-3-7-16(15)29-18(17)24-20(28)23-14-5-2-4-12(8-14)10-25-11-13(21)9-22-25/h2,4-5,8-9,11H,3,6-7,10H2,1H3,(H2,23,24,28). The molecule has 1 aromatic carbocycles. The number of anilines is 2. The normalized spacial score (nSPS) is 12.5. The number of halogens is 1. The van der Waals surface area contributed by atoms with Crippen molar-refractivity contribution in [1.29, 1.82) is 0 Å². The predicted octanol–water partition coefficient (Wildman–Crippen LogP) is 4.84. The molecule has 150 valence electrons. The lowest BCUT2D eigenvalue weighted by atomic mass is 10.1. The van der Waals surface area contributed by atoms with Gasteiger partial charge >= 0.3 is 5.97 Å². The van der Waals surface area contributed by atoms with Crippen molar-refractivity contribution in [3.05, 3.63) is 62.7 Å². The minimum Gasteiger partial charge on any atom is -0.465 e. The molecular weight excluding hydrogens is 472 g/mol. The number of aryl methyl sites for hydroxylation is 1. The molecule has 0 unspecified atom stereocenters. The van der Waals surface area contributed by atoms with Crippen molar-refractivity contribution in [1.82, 2.24) is 9.78 Å². The third-order valence-corrected chi connectivity index (χ3v) is 6.49. The number of nitrogens with zero attached hydrogens (tertiary/aromatic N) is 2. The third kappa shape index (κ3) is 4.52. The largest absolute Gasteiger partial charge is 0.465 e. The van der Waals surface area contributed by atoms with Gasteiger partial charge in [0.05, 0.1) is 29.9 Å². The molecule has 0 amide bonds. The molecule has 1 aliphatic rings. The summed E-state index contributed by atoms with van der Waals surface area (Å²) in [6.45, 7) is 0.658. The molecule has 0 radical (unpaired) electrons. The molecular formula is C20H19BrN4O2S2. The van der Waals surface area contributed by atoms with Gasteiger partial charge < -0.3 is 15.4 Å². The van der Waals surface area contributed by atoms with E-state index >= 15 is 0 Å². The fraction of sp³-hybridized carbons (Fsp3) is 0.250. The summed E-state index contributed by atoms with van der Waals surface area (Å²) in [5, 5.41) is 11.9. The Kier molecular flexibility index (Phi) is 5.98. The molecule has 0 fully saturated rings. The van der Waals surface area contributed by atoms with Gasteiger partial charge in [0.1, 0.15) is 5.00 Å². The van der Waals surface area contributed by atoms with Gasteiger partial charge in [-0.15, -0.1) is 11.3 Å². The van der Waals surface area contributed by atoms with Gasteiger partial charge in [-0.25, -0.2) is 4.79 Å². The summed E-state index contributed by atoms with van der Waals surface area (Å²) in [5.74, 6) is -0.318. The number of benzene rings is 1. The number of thiocarbonyl (C=S) groups is 1. The first-order valence-electron chi connectivity index (χ1n) is 9.11. The van der Waals surface area contributed by atoms with Crippen LogP contribution in [-0.4, -0.2) is 28.0 Å². The van der Waals surface area contributed by atoms with E-state index in [-0.39, 0.29) is 5.97 Å². The highest BCUT2D eigenvalue weighted by atomic mass is 79.9. The van der Waals surface area contributed by atoms with Crippen molar-refractivity contribution >= 4 is 61.3 Å². The lowest BCUT2D eigenvalue weighted by Gasteiger charge is -2.12. The van der Waals surface area contributed by atoms with E-state index in [2.05, 4.69) is 31.7 Å². The average molecular weight is 491 g/mol. The highest BCUT2D eigenvalue weighted by Crippen LogP contribution is 2.39. The molecule has 0 atom stereocenters. The molecule has 9 heteroatoms. The predicted molar refractivity (Wildman–Crippen MR) is 123 cm³/mol. The third-order valence-electron chi connectivity index (χ3n) is 4.67. The van der Waals surface area contributed by atoms with E-state index in [1.54, 1.807) is 17.5 Å². The zero-order valence-electron chi connectivity index (χ0n) is 15.7. The molecule has 0 bridgehead atoms. The van der Waals surface area contributed by atoms with Gasteiger partial charge in [-0.1, -0.05) is 12.1 Å². The molecule has 6 nitrogen and oxygen atoms in total. The Labute approximate surface area is 186 Å². The Morgan fingerprint density at radius 2 is 2.24 bits per heavy atom. The van der Waals surface area contributed by atoms with Gasteiger partial charge in [0.2, 0.25) is 0 Å². The topological polar surface area (TPSA) is 68.2 Å². The number of ether oxygens (including phenoxy) is 1. The molecule has 2 aromatic heterocycles. The van der Waals surface area contributed by atoms with Gasteiger partial charge in [-0.05, 0) is 70.7 Å². The van der Waals surface area contributed by atoms with E-state index in [1.165, 1.54) is 12.0 Å². The number of hydrogen-bond acceptors (Lipinski definition) is 5. The molecule has 29 heavy (non-hydrogen) atoms. The van der Waals surface area contributed by atoms with E-state index in [9.17, 15) is 4.79 Å². The minimum absolute atomic E-state index is 0.318. The highest BCUT2D eigenvalue weighted by Gasteiger charge is 2.27. The van der Waals surface area contributed by atoms with Crippen LogP contribution in [0.4, 0.5) is 10.7 Å². The number of methoxy groups -OCH3 is 1. The molecule has 1 aliphatic carbocycles. The molecule has 0 aliphatic heterocycles. The van der Waals surface area contributed by atoms with Crippen LogP contribution in [0.15, 0.2) is 41.1 Å². The summed E-state index contributed by atoms with van der Waals surface area (Å²) >= 11 is 10.5. The minimum atomic E-state index is -0.318. The van der Waals surface area contributed by atoms with Gasteiger partial charge in [-0.3, -0.25) is 4.68 Å². The second-order valence-electron chi connectivity index (χ2n) is 6.69. The van der Waals surface area contributed by atoms with Gasteiger partial charge in [0.25, 0.3) is 0 Å². The maximum atomic E-state index is 12.3. The van der Waals surface area contributed by atoms with E-state index < -0.39 is 0 Å². The maximum absolute atomic E-state index is 12.3. The summed E-state index contributed by atoms with van der Waals surface area (Å²) in [6.07, 6.45) is 6.67. The lowest BCUT2D eigenvalue weighted by Crippen LogP contribution is -2.20. The van der Waals surface area contributed by atoms with Crippen molar-refractivity contribution < 1.29 is 9.53 Å². The number of nitrogens with one attached hydrogen (secondary N) is 2. The van der Waals surface area contributed by atoms with Crippen molar-refractivity contribution in [2.24, 2.45) is 0 Å². The highest BCUT2D eigenvalue weighted by molar-refractivity contribution is 9.10. The Bertz CT molecular complexity index is 1080. The first-order valence-corrected chi connectivity index (χ1v) is 11.1. The van der Waals surface area contributed by atoms with E-state index in [0.717, 1.165) is 45.6 Å². The maximum Gasteiger partial charge on any atom is 0.341 e. The number of hydrogen-bond donors (Lipinski definition) is 2. The van der Waals surface area contributed by atoms with E-state index in [1.807, 2.05) is 35.1 Å². The van der Waals surface area contributed by atoms with Gasteiger partial charge in [0.15, 0.2) is 5.11 Å². The molecule has 0 saturated carbocycles. The van der Waals surface area contributed by atoms with Crippen LogP contribution in [0.25, 0.3) is 0 Å². The molecule has 3 aromatic rings. The number of aromatic nitrogens is 2. The van der Waals surface area contributed by atoms with Crippen LogP contribution in [0, 0.1) is 0 Å². The summed E-state index contributed by atoms with van der Waals surface area (Å²) in [4.78, 5) is 13.5. The number of carbonyl (C=O) groups excluding carboxylic acids is 1. The SMILES string of the molecule is COC(=O)c1c(NC(=S)Nc2cccc(Cn3cc(Br)cn3)c2)sc2c1CCC2. The molecule has 2 heterocycles. The molecule has 0 saturated heterocycles. The average Bonchev–Trinajstić information content (AvgIpc) is 3.37. The van der Waals surface area contributed by atoms with Crippen molar-refractivity contribution in [2.45, 2.75) is 25.8 Å². The Morgan fingerprint density at radius 1 is 1.38 bits per heavy atom. The second-order valence-corrected chi connectivity index (χ2v) is 9.12. The number of esters is 1. The number of rotatable bonds is 5. The van der Waals surface area contributed by atoms with Crippen LogP contribution >= 0.6 is 39.5 Å². The summed E-state index contributed by atoms with van der Waals surface area (Å²) in [6, 6.07) is 7.99. The fourth-order valence-corrected chi connectivity index (χ4v) is 5.33. The van der Waals surface area contributed by atoms with Crippen molar-refractivity contribution in [2.75, 3.05) is 17.7 Å². The van der Waals surface area contributed by atoms with E-state index in [4.69, 9.17) is 17.0 Å². The lowest BCUT2D eigenvalue weighted by molar-refractivity contribution is 0.0601. The van der Waals surface area contributed by atoms with Gasteiger partial charge in [-0.2, -0.15) is 5.10 Å². The zero-order valence-corrected chi connectivity index (χ0v) is 18.9. The quantitative estimate of drug-likeness (QED) is 0.393. The first-order chi connectivity index (χ1) is 14.0. The van der Waals surface area contributed by atoms with Crippen LogP contribution < -0.4 is 10.6 Å². The Morgan fingerprint density at radius 3 is 3.00 bits per heavy atom. The Hall–Kier alpha value is -2.23. The summed E-state index contributed by atoms with van der Waals surface area (Å²) in [7, 11) is 1.41. The molecule has 0 spiro atoms. The van der Waals surface area contributed by atoms with Crippen molar-refractivity contribution in [3.8, 4) is 0 Å². The van der Waals surface area contributed by atoms with Crippen molar-refractivity contribution in [3.63, 3.8) is 0 Å². The summed E-state index contributed by atoms with van der Waals surface area (Å²) < 4.78 is 7.79. The monoisotopic (exact) mass is 490 g/mol. The second kappa shape index (κ2) is 8.64. The van der Waals surface area contributed by atoms with E-state index in [0.29, 0.717) is 17.2 Å². The Balaban J connectivity index is 1.47. The van der Waals surface area contributed by atoms with Crippen LogP contribution in [0.5, 0.6) is 0 Å². The van der Waals surface area contributed by atoms with Crippen LogP contribution in [0.2, 0.25) is 0 Å². The summed E-state index contributed by atoms with van der Waals surface area (Å²) in [5.41, 5.74) is 3.68. The number of thiophene rings is 1.